The highest BCUT2D eigenvalue weighted by molar-refractivity contribution is 6.30. The number of benzene rings is 3. The first-order chi connectivity index (χ1) is 15.9. The zero-order valence-electron chi connectivity index (χ0n) is 19.8. The molecule has 0 bridgehead atoms. The molecule has 0 aliphatic rings. The van der Waals surface area contributed by atoms with Crippen LogP contribution in [-0.4, -0.2) is 31.1 Å². The highest BCUT2D eigenvalue weighted by atomic mass is 35.5. The molecular weight excluding hydrogens is 432 g/mol. The average molecular weight is 467 g/mol. The Morgan fingerprint density at radius 1 is 0.879 bits per heavy atom. The Hall–Kier alpha value is -2.53. The molecule has 0 fully saturated rings. The summed E-state index contributed by atoms with van der Waals surface area (Å²) in [5, 5.41) is 0.696. The van der Waals surface area contributed by atoms with Gasteiger partial charge in [0.15, 0.2) is 0 Å². The number of rotatable bonds is 12. The standard InChI is InChI=1S/C28H35ClN2O2/c1-21(2)17-25(30)20-31(16-15-22-7-11-26(32-3)12-8-22)19-23-5-4-6-28(18-23)33-27-13-9-24(29)10-14-27/h4-14,18,21,25H,15-17,19-20,30H2,1-3H3. The van der Waals surface area contributed by atoms with Crippen LogP contribution in [0.4, 0.5) is 0 Å². The number of hydrogen-bond donors (Lipinski definition) is 1. The van der Waals surface area contributed by atoms with Crippen molar-refractivity contribution in [1.29, 1.82) is 0 Å². The van der Waals surface area contributed by atoms with E-state index in [2.05, 4.69) is 43.0 Å². The number of hydrogen-bond acceptors (Lipinski definition) is 4. The van der Waals surface area contributed by atoms with Gasteiger partial charge >= 0.3 is 0 Å². The predicted octanol–water partition coefficient (Wildman–Crippen LogP) is 6.56. The molecule has 3 aromatic rings. The summed E-state index contributed by atoms with van der Waals surface area (Å²) in [5.41, 5.74) is 8.98. The monoisotopic (exact) mass is 466 g/mol. The van der Waals surface area contributed by atoms with Crippen molar-refractivity contribution in [2.24, 2.45) is 11.7 Å². The van der Waals surface area contributed by atoms with E-state index >= 15 is 0 Å². The Bertz CT molecular complexity index is 974. The Kier molecular flexibility index (Phi) is 9.61. The van der Waals surface area contributed by atoms with Gasteiger partial charge in [0, 0.05) is 30.7 Å². The third kappa shape index (κ3) is 8.73. The van der Waals surface area contributed by atoms with Crippen molar-refractivity contribution in [3.8, 4) is 17.2 Å². The number of halogens is 1. The van der Waals surface area contributed by atoms with Crippen molar-refractivity contribution >= 4 is 11.6 Å². The van der Waals surface area contributed by atoms with Gasteiger partial charge in [0.25, 0.3) is 0 Å². The number of nitrogens with zero attached hydrogens (tertiary/aromatic N) is 1. The number of ether oxygens (including phenoxy) is 2. The minimum absolute atomic E-state index is 0.148. The molecule has 1 atom stereocenters. The van der Waals surface area contributed by atoms with E-state index in [1.54, 1.807) is 7.11 Å². The fraction of sp³-hybridized carbons (Fsp3) is 0.357. The lowest BCUT2D eigenvalue weighted by atomic mass is 10.0. The van der Waals surface area contributed by atoms with Crippen molar-refractivity contribution in [3.63, 3.8) is 0 Å². The van der Waals surface area contributed by atoms with Gasteiger partial charge in [0.1, 0.15) is 17.2 Å². The fourth-order valence-corrected chi connectivity index (χ4v) is 4.06. The lowest BCUT2D eigenvalue weighted by Crippen LogP contribution is -2.39. The first-order valence-electron chi connectivity index (χ1n) is 11.5. The molecule has 1 unspecified atom stereocenters. The summed E-state index contributed by atoms with van der Waals surface area (Å²) in [6, 6.07) is 24.1. The van der Waals surface area contributed by atoms with Crippen LogP contribution in [0, 0.1) is 5.92 Å². The van der Waals surface area contributed by atoms with Gasteiger partial charge in [0.2, 0.25) is 0 Å². The van der Waals surface area contributed by atoms with Crippen molar-refractivity contribution in [2.45, 2.75) is 39.3 Å². The minimum atomic E-state index is 0.148. The second-order valence-electron chi connectivity index (χ2n) is 8.93. The van der Waals surface area contributed by atoms with Gasteiger partial charge in [-0.25, -0.2) is 0 Å². The van der Waals surface area contributed by atoms with E-state index < -0.39 is 0 Å². The number of methoxy groups -OCH3 is 1. The van der Waals surface area contributed by atoms with Crippen LogP contribution in [0.5, 0.6) is 17.2 Å². The van der Waals surface area contributed by atoms with Crippen LogP contribution in [0.25, 0.3) is 0 Å². The zero-order chi connectivity index (χ0) is 23.6. The molecule has 0 aliphatic heterocycles. The van der Waals surface area contributed by atoms with E-state index in [1.807, 2.05) is 48.5 Å². The van der Waals surface area contributed by atoms with E-state index in [4.69, 9.17) is 26.8 Å². The van der Waals surface area contributed by atoms with E-state index in [-0.39, 0.29) is 6.04 Å². The molecule has 0 saturated carbocycles. The molecule has 3 aromatic carbocycles. The van der Waals surface area contributed by atoms with Crippen LogP contribution in [0.15, 0.2) is 72.8 Å². The van der Waals surface area contributed by atoms with Gasteiger partial charge in [-0.3, -0.25) is 4.90 Å². The smallest absolute Gasteiger partial charge is 0.127 e. The SMILES string of the molecule is COc1ccc(CCN(Cc2cccc(Oc3ccc(Cl)cc3)c2)CC(N)CC(C)C)cc1. The first kappa shape index (κ1) is 25.1. The van der Waals surface area contributed by atoms with Crippen LogP contribution in [0.1, 0.15) is 31.4 Å². The van der Waals surface area contributed by atoms with Crippen LogP contribution in [-0.2, 0) is 13.0 Å². The lowest BCUT2D eigenvalue weighted by molar-refractivity contribution is 0.240. The summed E-state index contributed by atoms with van der Waals surface area (Å²) in [5.74, 6) is 3.05. The molecule has 176 valence electrons. The molecular formula is C28H35ClN2O2. The van der Waals surface area contributed by atoms with Gasteiger partial charge in [-0.2, -0.15) is 0 Å². The van der Waals surface area contributed by atoms with Crippen molar-refractivity contribution in [1.82, 2.24) is 4.90 Å². The van der Waals surface area contributed by atoms with E-state index in [0.717, 1.165) is 49.7 Å². The highest BCUT2D eigenvalue weighted by Crippen LogP contribution is 2.24. The third-order valence-corrected chi connectivity index (χ3v) is 5.75. The van der Waals surface area contributed by atoms with Crippen molar-refractivity contribution in [3.05, 3.63) is 88.9 Å². The molecule has 3 rings (SSSR count). The maximum atomic E-state index is 6.49. The predicted molar refractivity (Wildman–Crippen MR) is 137 cm³/mol. The van der Waals surface area contributed by atoms with Gasteiger partial charge in [-0.05, 0) is 78.4 Å². The molecule has 2 N–H and O–H groups in total. The van der Waals surface area contributed by atoms with Crippen LogP contribution in [0.2, 0.25) is 5.02 Å². The largest absolute Gasteiger partial charge is 0.497 e. The summed E-state index contributed by atoms with van der Waals surface area (Å²) in [6.07, 6.45) is 1.97. The Morgan fingerprint density at radius 2 is 1.58 bits per heavy atom. The summed E-state index contributed by atoms with van der Waals surface area (Å²) in [7, 11) is 1.69. The summed E-state index contributed by atoms with van der Waals surface area (Å²) < 4.78 is 11.3. The lowest BCUT2D eigenvalue weighted by Gasteiger charge is -2.27. The van der Waals surface area contributed by atoms with E-state index in [1.165, 1.54) is 11.1 Å². The summed E-state index contributed by atoms with van der Waals surface area (Å²) >= 11 is 5.98. The maximum absolute atomic E-state index is 6.49. The Labute approximate surface area is 203 Å². The maximum Gasteiger partial charge on any atom is 0.127 e. The highest BCUT2D eigenvalue weighted by Gasteiger charge is 2.14. The van der Waals surface area contributed by atoms with Gasteiger partial charge in [0.05, 0.1) is 7.11 Å². The zero-order valence-corrected chi connectivity index (χ0v) is 20.6. The quantitative estimate of drug-likeness (QED) is 0.328. The topological polar surface area (TPSA) is 47.7 Å². The van der Waals surface area contributed by atoms with Gasteiger partial charge in [-0.1, -0.05) is 49.7 Å². The third-order valence-electron chi connectivity index (χ3n) is 5.50. The van der Waals surface area contributed by atoms with Gasteiger partial charge in [-0.15, -0.1) is 0 Å². The van der Waals surface area contributed by atoms with Crippen LogP contribution in [0.3, 0.4) is 0 Å². The second kappa shape index (κ2) is 12.6. The van der Waals surface area contributed by atoms with Crippen molar-refractivity contribution < 1.29 is 9.47 Å². The van der Waals surface area contributed by atoms with Crippen molar-refractivity contribution in [2.75, 3.05) is 20.2 Å². The normalized spacial score (nSPS) is 12.2. The molecule has 5 heteroatoms. The molecule has 0 aromatic heterocycles. The Morgan fingerprint density at radius 3 is 2.24 bits per heavy atom. The summed E-state index contributed by atoms with van der Waals surface area (Å²) in [4.78, 5) is 2.44. The molecule has 0 saturated heterocycles. The molecule has 0 heterocycles. The first-order valence-corrected chi connectivity index (χ1v) is 11.9. The van der Waals surface area contributed by atoms with Gasteiger partial charge < -0.3 is 15.2 Å². The van der Waals surface area contributed by atoms with E-state index in [9.17, 15) is 0 Å². The minimum Gasteiger partial charge on any atom is -0.497 e. The molecule has 33 heavy (non-hydrogen) atoms. The van der Waals surface area contributed by atoms with Crippen LogP contribution < -0.4 is 15.2 Å². The molecule has 4 nitrogen and oxygen atoms in total. The molecule has 0 radical (unpaired) electrons. The fourth-order valence-electron chi connectivity index (χ4n) is 3.93. The molecule has 0 spiro atoms. The Balaban J connectivity index is 1.67. The second-order valence-corrected chi connectivity index (χ2v) is 9.36. The number of nitrogens with two attached hydrogens (primary N) is 1. The molecule has 0 amide bonds. The van der Waals surface area contributed by atoms with Crippen LogP contribution >= 0.6 is 11.6 Å². The summed E-state index contributed by atoms with van der Waals surface area (Å²) in [6.45, 7) is 7.05. The van der Waals surface area contributed by atoms with E-state index in [0.29, 0.717) is 10.9 Å². The average Bonchev–Trinajstić information content (AvgIpc) is 2.79. The molecule has 0 aliphatic carbocycles.